The quantitative estimate of drug-likeness (QED) is 0.928. The largest absolute Gasteiger partial charge is 0.493 e. The summed E-state index contributed by atoms with van der Waals surface area (Å²) in [6.07, 6.45) is 6.41. The molecule has 0 spiro atoms. The Balaban J connectivity index is 1.74. The van der Waals surface area contributed by atoms with Gasteiger partial charge in [-0.2, -0.15) is 0 Å². The van der Waals surface area contributed by atoms with Gasteiger partial charge >= 0.3 is 0 Å². The van der Waals surface area contributed by atoms with Crippen molar-refractivity contribution in [3.63, 3.8) is 0 Å². The lowest BCUT2D eigenvalue weighted by Crippen LogP contribution is -2.18. The summed E-state index contributed by atoms with van der Waals surface area (Å²) < 4.78 is 8.01. The first kappa shape index (κ1) is 13.3. The van der Waals surface area contributed by atoms with Crippen molar-refractivity contribution in [2.45, 2.75) is 38.3 Å². The first-order chi connectivity index (χ1) is 9.72. The van der Waals surface area contributed by atoms with Gasteiger partial charge in [0.1, 0.15) is 5.75 Å². The second kappa shape index (κ2) is 5.71. The molecule has 0 saturated heterocycles. The van der Waals surface area contributed by atoms with Crippen molar-refractivity contribution < 1.29 is 4.74 Å². The Bertz CT molecular complexity index is 574. The molecule has 2 aromatic rings. The number of fused-ring (bicyclic) bond motifs is 1. The van der Waals surface area contributed by atoms with Crippen LogP contribution >= 0.6 is 0 Å². The number of nitrogens with zero attached hydrogens (tertiary/aromatic N) is 1. The third kappa shape index (κ3) is 2.88. The van der Waals surface area contributed by atoms with Gasteiger partial charge in [0.15, 0.2) is 0 Å². The molecule has 1 aliphatic rings. The summed E-state index contributed by atoms with van der Waals surface area (Å²) in [6, 6.07) is 10.8. The minimum Gasteiger partial charge on any atom is -0.493 e. The predicted molar refractivity (Wildman–Crippen MR) is 81.1 cm³/mol. The molecule has 0 fully saturated rings. The average Bonchev–Trinajstić information content (AvgIpc) is 2.86. The monoisotopic (exact) mass is 270 g/mol. The van der Waals surface area contributed by atoms with Gasteiger partial charge in [0.25, 0.3) is 0 Å². The van der Waals surface area contributed by atoms with Crippen LogP contribution in [0.15, 0.2) is 42.7 Å². The highest BCUT2D eigenvalue weighted by Crippen LogP contribution is 2.34. The van der Waals surface area contributed by atoms with Crippen molar-refractivity contribution in [3.05, 3.63) is 53.9 Å². The molecule has 106 valence electrons. The molecule has 0 saturated carbocycles. The van der Waals surface area contributed by atoms with E-state index in [9.17, 15) is 0 Å². The molecular weight excluding hydrogens is 248 g/mol. The fourth-order valence-corrected chi connectivity index (χ4v) is 2.96. The Morgan fingerprint density at radius 2 is 2.20 bits per heavy atom. The van der Waals surface area contributed by atoms with Crippen LogP contribution in [0.2, 0.25) is 0 Å². The molecule has 0 aliphatic carbocycles. The molecule has 3 heteroatoms. The van der Waals surface area contributed by atoms with E-state index in [2.05, 4.69) is 41.2 Å². The zero-order valence-corrected chi connectivity index (χ0v) is 12.0. The van der Waals surface area contributed by atoms with E-state index in [0.29, 0.717) is 5.92 Å². The van der Waals surface area contributed by atoms with Gasteiger partial charge in [-0.15, -0.1) is 0 Å². The Morgan fingerprint density at radius 3 is 3.05 bits per heavy atom. The fraction of sp³-hybridized carbons (Fsp3) is 0.412. The maximum Gasteiger partial charge on any atom is 0.122 e. The van der Waals surface area contributed by atoms with Crippen LogP contribution in [0, 0.1) is 0 Å². The fourth-order valence-electron chi connectivity index (χ4n) is 2.96. The maximum absolute atomic E-state index is 5.86. The topological polar surface area (TPSA) is 40.2 Å². The highest BCUT2D eigenvalue weighted by molar-refractivity contribution is 5.37. The zero-order valence-electron chi connectivity index (χ0n) is 12.0. The van der Waals surface area contributed by atoms with Gasteiger partial charge in [0.05, 0.1) is 6.61 Å². The molecule has 0 radical (unpaired) electrons. The molecule has 1 aliphatic heterocycles. The van der Waals surface area contributed by atoms with Crippen LogP contribution in [-0.2, 0) is 13.0 Å². The van der Waals surface area contributed by atoms with Crippen molar-refractivity contribution >= 4 is 0 Å². The summed E-state index contributed by atoms with van der Waals surface area (Å²) in [5.74, 6) is 1.59. The molecule has 2 heterocycles. The summed E-state index contributed by atoms with van der Waals surface area (Å²) >= 11 is 0. The third-order valence-electron chi connectivity index (χ3n) is 3.88. The molecule has 0 bridgehead atoms. The Kier molecular flexibility index (Phi) is 3.79. The van der Waals surface area contributed by atoms with E-state index in [1.165, 1.54) is 11.1 Å². The van der Waals surface area contributed by atoms with E-state index in [4.69, 9.17) is 10.5 Å². The standard InChI is InChI=1S/C17H22N2O/c1-13(18)10-14-6-8-19(11-14)12-15-7-9-20-17-5-3-2-4-16(15)17/h2-6,8,11,13,15H,7,9-10,12,18H2,1H3. The lowest BCUT2D eigenvalue weighted by molar-refractivity contribution is 0.259. The molecule has 20 heavy (non-hydrogen) atoms. The summed E-state index contributed by atoms with van der Waals surface area (Å²) in [7, 11) is 0. The average molecular weight is 270 g/mol. The van der Waals surface area contributed by atoms with Crippen LogP contribution in [0.3, 0.4) is 0 Å². The highest BCUT2D eigenvalue weighted by Gasteiger charge is 2.21. The Hall–Kier alpha value is -1.74. The molecule has 0 amide bonds. The summed E-state index contributed by atoms with van der Waals surface area (Å²) in [4.78, 5) is 0. The van der Waals surface area contributed by atoms with Gasteiger partial charge in [0, 0.05) is 30.9 Å². The number of para-hydroxylation sites is 1. The van der Waals surface area contributed by atoms with E-state index in [0.717, 1.165) is 31.7 Å². The smallest absolute Gasteiger partial charge is 0.122 e. The van der Waals surface area contributed by atoms with Gasteiger partial charge in [-0.3, -0.25) is 0 Å². The third-order valence-corrected chi connectivity index (χ3v) is 3.88. The molecule has 3 nitrogen and oxygen atoms in total. The number of hydrogen-bond acceptors (Lipinski definition) is 2. The van der Waals surface area contributed by atoms with Crippen LogP contribution in [-0.4, -0.2) is 17.2 Å². The van der Waals surface area contributed by atoms with E-state index in [1.54, 1.807) is 0 Å². The molecule has 2 unspecified atom stereocenters. The SMILES string of the molecule is CC(N)Cc1ccn(CC2CCOc3ccccc32)c1. The van der Waals surface area contributed by atoms with Crippen LogP contribution in [0.5, 0.6) is 5.75 Å². The molecule has 1 aromatic carbocycles. The molecular formula is C17H22N2O. The first-order valence-electron chi connectivity index (χ1n) is 7.34. The van der Waals surface area contributed by atoms with Crippen molar-refractivity contribution in [2.75, 3.05) is 6.61 Å². The highest BCUT2D eigenvalue weighted by atomic mass is 16.5. The molecule has 1 aromatic heterocycles. The van der Waals surface area contributed by atoms with Gasteiger partial charge in [-0.25, -0.2) is 0 Å². The van der Waals surface area contributed by atoms with Crippen LogP contribution in [0.4, 0.5) is 0 Å². The molecule has 2 N–H and O–H groups in total. The van der Waals surface area contributed by atoms with E-state index in [1.807, 2.05) is 13.0 Å². The predicted octanol–water partition coefficient (Wildman–Crippen LogP) is 2.94. The van der Waals surface area contributed by atoms with Crippen LogP contribution in [0.25, 0.3) is 0 Å². The Morgan fingerprint density at radius 1 is 1.35 bits per heavy atom. The van der Waals surface area contributed by atoms with Gasteiger partial charge in [-0.1, -0.05) is 18.2 Å². The second-order valence-electron chi connectivity index (χ2n) is 5.77. The summed E-state index contributed by atoms with van der Waals surface area (Å²) in [6.45, 7) is 3.88. The maximum atomic E-state index is 5.86. The Labute approximate surface area is 120 Å². The van der Waals surface area contributed by atoms with E-state index < -0.39 is 0 Å². The van der Waals surface area contributed by atoms with E-state index in [-0.39, 0.29) is 6.04 Å². The first-order valence-corrected chi connectivity index (χ1v) is 7.34. The van der Waals surface area contributed by atoms with Crippen LogP contribution < -0.4 is 10.5 Å². The van der Waals surface area contributed by atoms with Gasteiger partial charge < -0.3 is 15.0 Å². The number of ether oxygens (including phenoxy) is 1. The normalized spacial score (nSPS) is 19.2. The number of benzene rings is 1. The van der Waals surface area contributed by atoms with Gasteiger partial charge in [-0.05, 0) is 43.0 Å². The number of rotatable bonds is 4. The summed E-state index contributed by atoms with van der Waals surface area (Å²) in [5.41, 5.74) is 8.51. The van der Waals surface area contributed by atoms with Crippen molar-refractivity contribution in [2.24, 2.45) is 5.73 Å². The minimum absolute atomic E-state index is 0.217. The van der Waals surface area contributed by atoms with Crippen LogP contribution in [0.1, 0.15) is 30.4 Å². The summed E-state index contributed by atoms with van der Waals surface area (Å²) in [5, 5.41) is 0. The minimum atomic E-state index is 0.217. The molecule has 2 atom stereocenters. The van der Waals surface area contributed by atoms with Crippen molar-refractivity contribution in [1.29, 1.82) is 0 Å². The molecule has 3 rings (SSSR count). The van der Waals surface area contributed by atoms with Crippen molar-refractivity contribution in [3.8, 4) is 5.75 Å². The van der Waals surface area contributed by atoms with Gasteiger partial charge in [0.2, 0.25) is 0 Å². The van der Waals surface area contributed by atoms with E-state index >= 15 is 0 Å². The van der Waals surface area contributed by atoms with Crippen molar-refractivity contribution in [1.82, 2.24) is 4.57 Å². The zero-order chi connectivity index (χ0) is 13.9. The second-order valence-corrected chi connectivity index (χ2v) is 5.77. The number of hydrogen-bond donors (Lipinski definition) is 1. The number of aromatic nitrogens is 1. The number of nitrogens with two attached hydrogens (primary N) is 1. The lowest BCUT2D eigenvalue weighted by atomic mass is 9.93. The lowest BCUT2D eigenvalue weighted by Gasteiger charge is -2.26.